The maximum absolute atomic E-state index is 11.9. The van der Waals surface area contributed by atoms with E-state index in [1.807, 2.05) is 0 Å². The molecule has 0 saturated heterocycles. The highest BCUT2D eigenvalue weighted by molar-refractivity contribution is 7.92. The van der Waals surface area contributed by atoms with Gasteiger partial charge in [-0.25, -0.2) is 8.42 Å². The zero-order valence-corrected chi connectivity index (χ0v) is 12.0. The first-order chi connectivity index (χ1) is 9.52. The Morgan fingerprint density at radius 2 is 1.95 bits per heavy atom. The van der Waals surface area contributed by atoms with E-state index in [9.17, 15) is 8.42 Å². The van der Waals surface area contributed by atoms with Crippen molar-refractivity contribution >= 4 is 21.4 Å². The summed E-state index contributed by atoms with van der Waals surface area (Å²) in [7, 11) is -1.94. The van der Waals surface area contributed by atoms with Crippen molar-refractivity contribution in [2.75, 3.05) is 43.1 Å². The molecule has 112 valence electrons. The number of hydrogen-bond donors (Lipinski definition) is 2. The Kier molecular flexibility index (Phi) is 4.56. The molecule has 0 aliphatic carbocycles. The first-order valence-corrected chi connectivity index (χ1v) is 7.85. The molecule has 0 fully saturated rings. The second-order valence-electron chi connectivity index (χ2n) is 4.35. The van der Waals surface area contributed by atoms with Crippen LogP contribution in [0.15, 0.2) is 12.1 Å². The van der Waals surface area contributed by atoms with Crippen LogP contribution in [-0.2, 0) is 14.8 Å². The summed E-state index contributed by atoms with van der Waals surface area (Å²) in [6.07, 6.45) is 0.413. The van der Waals surface area contributed by atoms with Gasteiger partial charge in [0, 0.05) is 25.8 Å². The molecule has 2 rings (SSSR count). The average molecular weight is 302 g/mol. The van der Waals surface area contributed by atoms with E-state index < -0.39 is 10.0 Å². The summed E-state index contributed by atoms with van der Waals surface area (Å²) < 4.78 is 41.9. The zero-order valence-electron chi connectivity index (χ0n) is 11.2. The van der Waals surface area contributed by atoms with Gasteiger partial charge < -0.3 is 19.9 Å². The number of nitrogen functional groups attached to an aromatic ring is 1. The van der Waals surface area contributed by atoms with Gasteiger partial charge in [-0.15, -0.1) is 0 Å². The summed E-state index contributed by atoms with van der Waals surface area (Å²) in [4.78, 5) is 0. The fourth-order valence-electron chi connectivity index (χ4n) is 1.80. The minimum Gasteiger partial charge on any atom is -0.486 e. The van der Waals surface area contributed by atoms with Gasteiger partial charge in [0.25, 0.3) is 0 Å². The Morgan fingerprint density at radius 3 is 2.60 bits per heavy atom. The third-order valence-corrected chi connectivity index (χ3v) is 4.10. The normalized spacial score (nSPS) is 14.1. The van der Waals surface area contributed by atoms with Gasteiger partial charge in [-0.2, -0.15) is 0 Å². The fourth-order valence-corrected chi connectivity index (χ4v) is 2.92. The maximum atomic E-state index is 11.9. The molecule has 0 saturated carbocycles. The minimum absolute atomic E-state index is 0.0330. The Labute approximate surface area is 118 Å². The Balaban J connectivity index is 2.12. The van der Waals surface area contributed by atoms with Gasteiger partial charge >= 0.3 is 0 Å². The molecule has 3 N–H and O–H groups in total. The van der Waals surface area contributed by atoms with Gasteiger partial charge in [0.05, 0.1) is 17.1 Å². The van der Waals surface area contributed by atoms with Gasteiger partial charge in [0.15, 0.2) is 11.5 Å². The van der Waals surface area contributed by atoms with Crippen LogP contribution in [0.5, 0.6) is 11.5 Å². The first-order valence-electron chi connectivity index (χ1n) is 6.20. The van der Waals surface area contributed by atoms with E-state index in [2.05, 4.69) is 4.72 Å². The molecule has 0 spiro atoms. The van der Waals surface area contributed by atoms with Crippen LogP contribution in [0.25, 0.3) is 0 Å². The van der Waals surface area contributed by atoms with Crippen molar-refractivity contribution in [2.45, 2.75) is 6.42 Å². The number of rotatable bonds is 6. The highest BCUT2D eigenvalue weighted by Crippen LogP contribution is 2.37. The van der Waals surface area contributed by atoms with E-state index in [1.165, 1.54) is 13.2 Å². The molecule has 0 unspecified atom stereocenters. The van der Waals surface area contributed by atoms with Crippen LogP contribution < -0.4 is 19.9 Å². The second kappa shape index (κ2) is 6.19. The van der Waals surface area contributed by atoms with Gasteiger partial charge in [-0.1, -0.05) is 0 Å². The summed E-state index contributed by atoms with van der Waals surface area (Å²) in [5.74, 6) is 0.977. The molecule has 1 aliphatic heterocycles. The molecule has 0 amide bonds. The molecule has 0 bridgehead atoms. The summed E-state index contributed by atoms with van der Waals surface area (Å²) >= 11 is 0. The van der Waals surface area contributed by atoms with E-state index in [1.54, 1.807) is 6.07 Å². The number of ether oxygens (including phenoxy) is 3. The summed E-state index contributed by atoms with van der Waals surface area (Å²) in [6.45, 7) is 1.27. The predicted molar refractivity (Wildman–Crippen MR) is 75.7 cm³/mol. The molecule has 0 radical (unpaired) electrons. The lowest BCUT2D eigenvalue weighted by molar-refractivity contribution is 0.172. The topological polar surface area (TPSA) is 99.9 Å². The molecular formula is C12H18N2O5S. The minimum atomic E-state index is -3.46. The van der Waals surface area contributed by atoms with E-state index in [0.717, 1.165) is 0 Å². The van der Waals surface area contributed by atoms with Crippen LogP contribution in [0.1, 0.15) is 6.42 Å². The van der Waals surface area contributed by atoms with Crippen molar-refractivity contribution in [1.29, 1.82) is 0 Å². The summed E-state index contributed by atoms with van der Waals surface area (Å²) in [5.41, 5.74) is 6.41. The van der Waals surface area contributed by atoms with Crippen LogP contribution in [0.2, 0.25) is 0 Å². The number of nitrogens with two attached hydrogens (primary N) is 1. The molecule has 0 atom stereocenters. The zero-order chi connectivity index (χ0) is 14.6. The fraction of sp³-hybridized carbons (Fsp3) is 0.500. The lowest BCUT2D eigenvalue weighted by atomic mass is 10.2. The van der Waals surface area contributed by atoms with E-state index in [0.29, 0.717) is 49.1 Å². The summed E-state index contributed by atoms with van der Waals surface area (Å²) in [6, 6.07) is 3.10. The molecule has 1 heterocycles. The molecule has 8 heteroatoms. The number of nitrogens with one attached hydrogen (secondary N) is 1. The van der Waals surface area contributed by atoms with Crippen molar-refractivity contribution in [3.05, 3.63) is 12.1 Å². The van der Waals surface area contributed by atoms with Gasteiger partial charge in [-0.3, -0.25) is 4.72 Å². The van der Waals surface area contributed by atoms with Gasteiger partial charge in [-0.05, 0) is 6.42 Å². The van der Waals surface area contributed by atoms with Crippen LogP contribution in [-0.4, -0.2) is 41.1 Å². The number of hydrogen-bond acceptors (Lipinski definition) is 6. The molecule has 1 aliphatic rings. The van der Waals surface area contributed by atoms with Crippen LogP contribution in [0, 0.1) is 0 Å². The lowest BCUT2D eigenvalue weighted by Crippen LogP contribution is -2.20. The Hall–Kier alpha value is -1.67. The largest absolute Gasteiger partial charge is 0.486 e. The third-order valence-electron chi connectivity index (χ3n) is 2.74. The van der Waals surface area contributed by atoms with E-state index >= 15 is 0 Å². The highest BCUT2D eigenvalue weighted by Gasteiger charge is 2.18. The molecular weight excluding hydrogens is 284 g/mol. The van der Waals surface area contributed by atoms with E-state index in [-0.39, 0.29) is 5.75 Å². The standard InChI is InChI=1S/C12H18N2O5S/c1-17-3-2-6-20(15,16)14-10-8-12-11(7-9(10)13)18-4-5-19-12/h7-8,14H,2-6,13H2,1H3. The quantitative estimate of drug-likeness (QED) is 0.596. The Morgan fingerprint density at radius 1 is 1.30 bits per heavy atom. The van der Waals surface area contributed by atoms with E-state index in [4.69, 9.17) is 19.9 Å². The number of sulfonamides is 1. The number of methoxy groups -OCH3 is 1. The molecule has 1 aromatic rings. The average Bonchev–Trinajstić information content (AvgIpc) is 2.39. The summed E-state index contributed by atoms with van der Waals surface area (Å²) in [5, 5.41) is 0. The molecule has 20 heavy (non-hydrogen) atoms. The van der Waals surface area contributed by atoms with Crippen LogP contribution in [0.3, 0.4) is 0 Å². The number of benzene rings is 1. The lowest BCUT2D eigenvalue weighted by Gasteiger charge is -2.20. The number of fused-ring (bicyclic) bond motifs is 1. The SMILES string of the molecule is COCCCS(=O)(=O)Nc1cc2c(cc1N)OCCO2. The second-order valence-corrected chi connectivity index (χ2v) is 6.19. The van der Waals surface area contributed by atoms with Crippen molar-refractivity contribution in [1.82, 2.24) is 0 Å². The monoisotopic (exact) mass is 302 g/mol. The third kappa shape index (κ3) is 3.67. The highest BCUT2D eigenvalue weighted by atomic mass is 32.2. The van der Waals surface area contributed by atoms with Crippen molar-refractivity contribution in [3.8, 4) is 11.5 Å². The van der Waals surface area contributed by atoms with Crippen molar-refractivity contribution in [3.63, 3.8) is 0 Å². The van der Waals surface area contributed by atoms with Crippen molar-refractivity contribution < 1.29 is 22.6 Å². The predicted octanol–water partition coefficient (Wildman–Crippen LogP) is 0.818. The van der Waals surface area contributed by atoms with Gasteiger partial charge in [0.1, 0.15) is 13.2 Å². The molecule has 7 nitrogen and oxygen atoms in total. The van der Waals surface area contributed by atoms with Gasteiger partial charge in [0.2, 0.25) is 10.0 Å². The number of anilines is 2. The van der Waals surface area contributed by atoms with Crippen LogP contribution >= 0.6 is 0 Å². The molecule has 0 aromatic heterocycles. The van der Waals surface area contributed by atoms with Crippen LogP contribution in [0.4, 0.5) is 11.4 Å². The molecule has 1 aromatic carbocycles. The first kappa shape index (κ1) is 14.7. The van der Waals surface area contributed by atoms with Crippen molar-refractivity contribution in [2.24, 2.45) is 0 Å². The maximum Gasteiger partial charge on any atom is 0.232 e. The smallest absolute Gasteiger partial charge is 0.232 e. The Bertz CT molecular complexity index is 573.